The van der Waals surface area contributed by atoms with Crippen molar-refractivity contribution in [3.63, 3.8) is 0 Å². The van der Waals surface area contributed by atoms with Crippen molar-refractivity contribution < 1.29 is 47.9 Å². The molecule has 0 saturated carbocycles. The first kappa shape index (κ1) is 60.5. The number of amides is 8. The zero-order chi connectivity index (χ0) is 55.9. The number of aliphatic imine (C=N–C) groups is 2. The molecule has 19 N–H and O–H groups in total. The number of nitrogens with two attached hydrogens (primary N) is 6. The van der Waals surface area contributed by atoms with Crippen molar-refractivity contribution in [3.05, 3.63) is 70.9 Å². The maximum Gasteiger partial charge on any atom is 0.243 e. The molecule has 1 fully saturated rings. The predicted octanol–water partition coefficient (Wildman–Crippen LogP) is -1.64. The largest absolute Gasteiger partial charge is 0.370 e. The molecule has 4 rings (SSSR count). The first-order valence-corrected chi connectivity index (χ1v) is 25.3. The molecule has 2 aromatic carbocycles. The number of fused-ring (bicyclic) bond motifs is 1. The third-order valence-corrected chi connectivity index (χ3v) is 12.9. The first-order chi connectivity index (χ1) is 36.1. The number of ketones is 2. The van der Waals surface area contributed by atoms with Crippen molar-refractivity contribution in [1.29, 1.82) is 0 Å². The number of Topliss-reactive ketones (excluding diaryl/α,β-unsaturated/α-hetero) is 2. The van der Waals surface area contributed by atoms with Crippen LogP contribution in [-0.4, -0.2) is 126 Å². The van der Waals surface area contributed by atoms with Crippen LogP contribution in [0.4, 0.5) is 0 Å². The summed E-state index contributed by atoms with van der Waals surface area (Å²) in [7, 11) is 0. The van der Waals surface area contributed by atoms with Crippen molar-refractivity contribution in [2.24, 2.45) is 56.2 Å². The molecule has 26 heteroatoms. The lowest BCUT2D eigenvalue weighted by molar-refractivity contribution is -0.136. The molecule has 0 bridgehead atoms. The van der Waals surface area contributed by atoms with Crippen LogP contribution < -0.4 is 66.3 Å². The maximum atomic E-state index is 14.8. The minimum absolute atomic E-state index is 0.00481. The summed E-state index contributed by atoms with van der Waals surface area (Å²) in [5, 5.41) is 16.5. The van der Waals surface area contributed by atoms with E-state index in [1.54, 1.807) is 30.5 Å². The normalized spacial score (nSPS) is 21.1. The number of aromatic nitrogens is 1. The maximum absolute atomic E-state index is 14.8. The Morgan fingerprint density at radius 3 is 2.07 bits per heavy atom. The number of nitrogens with zero attached hydrogens (tertiary/aromatic N) is 2. The van der Waals surface area contributed by atoms with E-state index in [0.717, 1.165) is 10.9 Å². The highest BCUT2D eigenvalue weighted by Gasteiger charge is 2.36. The Kier molecular flexibility index (Phi) is 24.1. The van der Waals surface area contributed by atoms with Crippen LogP contribution >= 0.6 is 11.6 Å². The van der Waals surface area contributed by atoms with Gasteiger partial charge in [0.05, 0.1) is 12.5 Å². The summed E-state index contributed by atoms with van der Waals surface area (Å²) in [5.41, 5.74) is 35.2. The monoisotopic (exact) mass is 1080 g/mol. The average Bonchev–Trinajstić information content (AvgIpc) is 3.76. The van der Waals surface area contributed by atoms with Crippen molar-refractivity contribution in [3.8, 4) is 0 Å². The second kappa shape index (κ2) is 30.3. The van der Waals surface area contributed by atoms with Gasteiger partial charge >= 0.3 is 0 Å². The van der Waals surface area contributed by atoms with Crippen LogP contribution in [-0.2, 0) is 60.8 Å². The van der Waals surface area contributed by atoms with E-state index < -0.39 is 120 Å². The minimum Gasteiger partial charge on any atom is -0.370 e. The lowest BCUT2D eigenvalue weighted by Gasteiger charge is -2.27. The van der Waals surface area contributed by atoms with E-state index in [1.165, 1.54) is 6.92 Å². The number of rotatable bonds is 18. The predicted molar refractivity (Wildman–Crippen MR) is 283 cm³/mol. The van der Waals surface area contributed by atoms with Gasteiger partial charge in [0.25, 0.3) is 0 Å². The summed E-state index contributed by atoms with van der Waals surface area (Å²) >= 11 is 6.57. The van der Waals surface area contributed by atoms with Gasteiger partial charge in [-0.05, 0) is 74.6 Å². The number of aromatic amines is 1. The quantitative estimate of drug-likeness (QED) is 0.0386. The van der Waals surface area contributed by atoms with Crippen LogP contribution in [0.15, 0.2) is 64.7 Å². The van der Waals surface area contributed by atoms with E-state index in [-0.39, 0.29) is 101 Å². The van der Waals surface area contributed by atoms with E-state index in [0.29, 0.717) is 11.1 Å². The van der Waals surface area contributed by atoms with Gasteiger partial charge in [0.1, 0.15) is 30.0 Å². The minimum atomic E-state index is -1.74. The fourth-order valence-corrected chi connectivity index (χ4v) is 8.87. The number of para-hydroxylation sites is 1. The highest BCUT2D eigenvalue weighted by molar-refractivity contribution is 6.31. The SMILES string of the molecule is CC(=O)N[C@@H](CCCN=C(N)N)C(=O)N[C@H]1CCCNC(=O)CC[C@@H](C(N)=O)NC(=O)[C@H](Cc2c[nH]c3ccccc23)CC(=O)[C@H](CCCN=C(N)N)CC(=O)[C@@H](Cc2ccccc2Cl)NC(=O)[C@H](CC(N)=O)NC1=O. The molecule has 8 amide bonds. The summed E-state index contributed by atoms with van der Waals surface area (Å²) in [6.45, 7) is 1.27. The number of guanidine groups is 2. The molecule has 0 unspecified atom stereocenters. The van der Waals surface area contributed by atoms with Crippen molar-refractivity contribution in [1.82, 2.24) is 36.9 Å². The van der Waals surface area contributed by atoms with Gasteiger partial charge in [0.2, 0.25) is 47.3 Å². The zero-order valence-electron chi connectivity index (χ0n) is 42.4. The van der Waals surface area contributed by atoms with Crippen LogP contribution in [0.3, 0.4) is 0 Å². The first-order valence-electron chi connectivity index (χ1n) is 24.9. The number of H-pyrrole nitrogens is 1. The summed E-state index contributed by atoms with van der Waals surface area (Å²) in [4.78, 5) is 148. The van der Waals surface area contributed by atoms with Crippen molar-refractivity contribution in [2.45, 2.75) is 121 Å². The Bertz CT molecular complexity index is 2630. The average molecular weight is 1080 g/mol. The van der Waals surface area contributed by atoms with Crippen LogP contribution in [0.2, 0.25) is 5.02 Å². The van der Waals surface area contributed by atoms with Crippen LogP contribution in [0.5, 0.6) is 0 Å². The standard InChI is InChI=1S/C50H70ClN15O10/c1-27(67)62-36(14-8-20-60-50(56)57)46(74)64-37-15-7-18-58-43(71)17-16-35(44(53)72)63-45(73)30(21-31-26-61-34-13-5-3-11-32(31)34)24-40(68)29(10-6-19-59-49(54)55)23-41(69)38(22-28-9-2-4-12-33(28)51)65-48(76)39(25-42(52)70)66-47(37)75/h2-5,9,11-13,26,29-30,35-39,61H,6-8,10,14-25H2,1H3,(H2,52,70)(H2,53,72)(H,58,71)(H,62,67)(H,63,73)(H,64,74)(H,65,76)(H,66,75)(H4,54,55,59)(H4,56,57,60)/t29-,30-,35+,36+,37+,38-,39+/m1/s1. The van der Waals surface area contributed by atoms with Crippen LogP contribution in [0, 0.1) is 11.8 Å². The molecule has 2 heterocycles. The number of nitrogens with one attached hydrogen (secondary N) is 7. The molecule has 25 nitrogen and oxygen atoms in total. The molecule has 1 aliphatic heterocycles. The molecule has 0 aliphatic carbocycles. The Balaban J connectivity index is 1.79. The molecular weight excluding hydrogens is 1010 g/mol. The highest BCUT2D eigenvalue weighted by atomic mass is 35.5. The number of primary amides is 2. The van der Waals surface area contributed by atoms with Gasteiger partial charge in [0.15, 0.2) is 17.7 Å². The second-order valence-corrected chi connectivity index (χ2v) is 19.0. The third-order valence-electron chi connectivity index (χ3n) is 12.6. The Labute approximate surface area is 444 Å². The topological polar surface area (TPSA) is 440 Å². The second-order valence-electron chi connectivity index (χ2n) is 18.6. The Morgan fingerprint density at radius 1 is 0.737 bits per heavy atom. The summed E-state index contributed by atoms with van der Waals surface area (Å²) in [6.07, 6.45) is -0.484. The van der Waals surface area contributed by atoms with Crippen LogP contribution in [0.25, 0.3) is 10.9 Å². The van der Waals surface area contributed by atoms with Crippen molar-refractivity contribution in [2.75, 3.05) is 19.6 Å². The van der Waals surface area contributed by atoms with Gasteiger partial charge in [-0.25, -0.2) is 0 Å². The summed E-state index contributed by atoms with van der Waals surface area (Å²) in [5.74, 6) is -10.5. The van der Waals surface area contributed by atoms with Gasteiger partial charge in [-0.1, -0.05) is 48.0 Å². The third kappa shape index (κ3) is 20.3. The summed E-state index contributed by atoms with van der Waals surface area (Å²) in [6, 6.07) is 6.57. The van der Waals surface area contributed by atoms with Crippen LogP contribution in [0.1, 0.15) is 88.7 Å². The molecule has 0 radical (unpaired) electrons. The molecule has 1 aliphatic rings. The van der Waals surface area contributed by atoms with E-state index >= 15 is 0 Å². The van der Waals surface area contributed by atoms with Gasteiger partial charge in [-0.3, -0.25) is 57.9 Å². The number of benzene rings is 2. The number of hydrogen-bond donors (Lipinski definition) is 13. The molecule has 1 aromatic heterocycles. The fourth-order valence-electron chi connectivity index (χ4n) is 8.66. The molecule has 412 valence electrons. The molecular formula is C50H70ClN15O10. The molecule has 3 aromatic rings. The Hall–Kier alpha value is -8.09. The molecule has 1 saturated heterocycles. The van der Waals surface area contributed by atoms with E-state index in [9.17, 15) is 47.9 Å². The van der Waals surface area contributed by atoms with Gasteiger partial charge in [-0.15, -0.1) is 0 Å². The Morgan fingerprint density at radius 2 is 1.39 bits per heavy atom. The molecule has 0 spiro atoms. The lowest BCUT2D eigenvalue weighted by Crippen LogP contribution is -2.58. The number of halogens is 1. The summed E-state index contributed by atoms with van der Waals surface area (Å²) < 4.78 is 0. The van der Waals surface area contributed by atoms with Crippen molar-refractivity contribution >= 4 is 93.2 Å². The number of hydrogen-bond acceptors (Lipinski definition) is 12. The van der Waals surface area contributed by atoms with Gasteiger partial charge < -0.3 is 71.3 Å². The van der Waals surface area contributed by atoms with E-state index in [4.69, 9.17) is 46.0 Å². The highest BCUT2D eigenvalue weighted by Crippen LogP contribution is 2.27. The van der Waals surface area contributed by atoms with E-state index in [1.807, 2.05) is 24.3 Å². The van der Waals surface area contributed by atoms with Gasteiger partial charge in [0, 0.05) is 86.2 Å². The molecule has 76 heavy (non-hydrogen) atoms. The lowest BCUT2D eigenvalue weighted by atomic mass is 9.83. The number of carbonyl (C=O) groups is 10. The zero-order valence-corrected chi connectivity index (χ0v) is 43.1. The smallest absolute Gasteiger partial charge is 0.243 e. The number of carbonyl (C=O) groups excluding carboxylic acids is 10. The molecule has 7 atom stereocenters. The van der Waals surface area contributed by atoms with Gasteiger partial charge in [-0.2, -0.15) is 0 Å². The fraction of sp³-hybridized carbons (Fsp3) is 0.480. The van der Waals surface area contributed by atoms with E-state index in [2.05, 4.69) is 46.9 Å².